The second-order valence-electron chi connectivity index (χ2n) is 4.69. The van der Waals surface area contributed by atoms with Crippen LogP contribution in [0.4, 0.5) is 0 Å². The molecule has 0 spiro atoms. The van der Waals surface area contributed by atoms with Crippen LogP contribution in [0.2, 0.25) is 0 Å². The lowest BCUT2D eigenvalue weighted by atomic mass is 9.76. The Balaban J connectivity index is 2.32. The summed E-state index contributed by atoms with van der Waals surface area (Å²) in [5.41, 5.74) is 2.50. The standard InChI is InChI=1S/C14H18BrN3/c1-3-14(11-15,12-7-5-4-6-8-12)9-13-10-18(2)17-16-13/h4-8,10H,3,9,11H2,1-2H3. The maximum Gasteiger partial charge on any atom is 0.0836 e. The Hall–Kier alpha value is -1.16. The highest BCUT2D eigenvalue weighted by Gasteiger charge is 2.30. The van der Waals surface area contributed by atoms with Crippen molar-refractivity contribution in [2.45, 2.75) is 25.2 Å². The van der Waals surface area contributed by atoms with Crippen LogP contribution in [-0.4, -0.2) is 20.3 Å². The fraction of sp³-hybridized carbons (Fsp3) is 0.429. The van der Waals surface area contributed by atoms with Crippen molar-refractivity contribution in [1.82, 2.24) is 15.0 Å². The molecule has 1 aromatic heterocycles. The summed E-state index contributed by atoms with van der Waals surface area (Å²) < 4.78 is 1.76. The first-order valence-corrected chi connectivity index (χ1v) is 7.29. The van der Waals surface area contributed by atoms with Crippen LogP contribution in [0.3, 0.4) is 0 Å². The van der Waals surface area contributed by atoms with E-state index < -0.39 is 0 Å². The molecule has 0 radical (unpaired) electrons. The lowest BCUT2D eigenvalue weighted by Crippen LogP contribution is -2.30. The highest BCUT2D eigenvalue weighted by molar-refractivity contribution is 9.09. The van der Waals surface area contributed by atoms with E-state index >= 15 is 0 Å². The molecule has 0 fully saturated rings. The first-order valence-electron chi connectivity index (χ1n) is 6.17. The van der Waals surface area contributed by atoms with Gasteiger partial charge in [0, 0.05) is 30.4 Å². The molecular weight excluding hydrogens is 290 g/mol. The van der Waals surface area contributed by atoms with Gasteiger partial charge in [0.15, 0.2) is 0 Å². The second kappa shape index (κ2) is 5.65. The number of hydrogen-bond acceptors (Lipinski definition) is 2. The molecular formula is C14H18BrN3. The number of halogens is 1. The monoisotopic (exact) mass is 307 g/mol. The van der Waals surface area contributed by atoms with Gasteiger partial charge in [-0.1, -0.05) is 58.4 Å². The van der Waals surface area contributed by atoms with Crippen LogP contribution in [0.15, 0.2) is 36.5 Å². The van der Waals surface area contributed by atoms with Crippen molar-refractivity contribution in [3.63, 3.8) is 0 Å². The molecule has 2 rings (SSSR count). The molecule has 96 valence electrons. The van der Waals surface area contributed by atoms with E-state index in [1.165, 1.54) is 5.56 Å². The smallest absolute Gasteiger partial charge is 0.0836 e. The molecule has 4 heteroatoms. The van der Waals surface area contributed by atoms with Crippen LogP contribution >= 0.6 is 15.9 Å². The summed E-state index contributed by atoms with van der Waals surface area (Å²) in [4.78, 5) is 0. The van der Waals surface area contributed by atoms with Gasteiger partial charge in [-0.3, -0.25) is 4.68 Å². The minimum atomic E-state index is 0.0945. The summed E-state index contributed by atoms with van der Waals surface area (Å²) in [6, 6.07) is 10.6. The van der Waals surface area contributed by atoms with Gasteiger partial charge in [0.05, 0.1) is 5.69 Å². The van der Waals surface area contributed by atoms with Gasteiger partial charge in [0.1, 0.15) is 0 Å². The number of hydrogen-bond donors (Lipinski definition) is 0. The predicted molar refractivity (Wildman–Crippen MR) is 76.9 cm³/mol. The Morgan fingerprint density at radius 2 is 2.00 bits per heavy atom. The Morgan fingerprint density at radius 3 is 2.50 bits per heavy atom. The summed E-state index contributed by atoms with van der Waals surface area (Å²) in [6.07, 6.45) is 3.97. The van der Waals surface area contributed by atoms with E-state index in [1.54, 1.807) is 4.68 Å². The number of aryl methyl sites for hydroxylation is 1. The minimum absolute atomic E-state index is 0.0945. The van der Waals surface area contributed by atoms with E-state index in [9.17, 15) is 0 Å². The minimum Gasteiger partial charge on any atom is -0.255 e. The molecule has 0 amide bonds. The van der Waals surface area contributed by atoms with Crippen molar-refractivity contribution in [3.8, 4) is 0 Å². The molecule has 3 nitrogen and oxygen atoms in total. The Morgan fingerprint density at radius 1 is 1.28 bits per heavy atom. The van der Waals surface area contributed by atoms with E-state index in [2.05, 4.69) is 63.5 Å². The maximum atomic E-state index is 4.21. The fourth-order valence-corrected chi connectivity index (χ4v) is 3.18. The van der Waals surface area contributed by atoms with Crippen molar-refractivity contribution in [2.24, 2.45) is 7.05 Å². The maximum absolute atomic E-state index is 4.21. The Kier molecular flexibility index (Phi) is 4.17. The number of nitrogens with zero attached hydrogens (tertiary/aromatic N) is 3. The van der Waals surface area contributed by atoms with Gasteiger partial charge < -0.3 is 0 Å². The number of aromatic nitrogens is 3. The van der Waals surface area contributed by atoms with Gasteiger partial charge in [-0.05, 0) is 12.0 Å². The van der Waals surface area contributed by atoms with Crippen molar-refractivity contribution in [2.75, 3.05) is 5.33 Å². The molecule has 2 aromatic rings. The summed E-state index contributed by atoms with van der Waals surface area (Å²) in [5.74, 6) is 0. The van der Waals surface area contributed by atoms with Gasteiger partial charge >= 0.3 is 0 Å². The van der Waals surface area contributed by atoms with Gasteiger partial charge in [-0.15, -0.1) is 5.10 Å². The Labute approximate surface area is 116 Å². The van der Waals surface area contributed by atoms with Crippen LogP contribution < -0.4 is 0 Å². The van der Waals surface area contributed by atoms with E-state index in [0.717, 1.165) is 23.9 Å². The molecule has 0 aliphatic carbocycles. The first kappa shape index (κ1) is 13.3. The number of rotatable bonds is 5. The molecule has 0 N–H and O–H groups in total. The third-order valence-corrected chi connectivity index (χ3v) is 4.56. The predicted octanol–water partition coefficient (Wildman–Crippen LogP) is 3.10. The zero-order valence-electron chi connectivity index (χ0n) is 10.8. The zero-order chi connectivity index (χ0) is 13.0. The molecule has 0 bridgehead atoms. The summed E-state index contributed by atoms with van der Waals surface area (Å²) in [6.45, 7) is 2.23. The van der Waals surface area contributed by atoms with Crippen molar-refractivity contribution in [3.05, 3.63) is 47.8 Å². The number of benzene rings is 1. The lowest BCUT2D eigenvalue weighted by molar-refractivity contribution is 0.458. The molecule has 0 aliphatic rings. The zero-order valence-corrected chi connectivity index (χ0v) is 12.4. The van der Waals surface area contributed by atoms with Gasteiger partial charge in [-0.2, -0.15) is 0 Å². The van der Waals surface area contributed by atoms with E-state index in [4.69, 9.17) is 0 Å². The first-order chi connectivity index (χ1) is 8.70. The van der Waals surface area contributed by atoms with Crippen LogP contribution in [0.5, 0.6) is 0 Å². The molecule has 1 heterocycles. The molecule has 1 aromatic carbocycles. The third-order valence-electron chi connectivity index (χ3n) is 3.49. The molecule has 0 saturated carbocycles. The Bertz CT molecular complexity index is 489. The van der Waals surface area contributed by atoms with Crippen molar-refractivity contribution >= 4 is 15.9 Å². The molecule has 1 unspecified atom stereocenters. The van der Waals surface area contributed by atoms with E-state index in [-0.39, 0.29) is 5.41 Å². The summed E-state index contributed by atoms with van der Waals surface area (Å²) in [7, 11) is 1.90. The second-order valence-corrected chi connectivity index (χ2v) is 5.25. The van der Waals surface area contributed by atoms with Crippen LogP contribution in [0.25, 0.3) is 0 Å². The summed E-state index contributed by atoms with van der Waals surface area (Å²) >= 11 is 3.68. The summed E-state index contributed by atoms with van der Waals surface area (Å²) in [5, 5.41) is 9.16. The normalized spacial score (nSPS) is 14.4. The highest BCUT2D eigenvalue weighted by atomic mass is 79.9. The van der Waals surface area contributed by atoms with Crippen molar-refractivity contribution in [1.29, 1.82) is 0 Å². The quantitative estimate of drug-likeness (QED) is 0.795. The van der Waals surface area contributed by atoms with Crippen LogP contribution in [0, 0.1) is 0 Å². The third kappa shape index (κ3) is 2.64. The van der Waals surface area contributed by atoms with E-state index in [1.807, 2.05) is 13.2 Å². The van der Waals surface area contributed by atoms with Gasteiger partial charge in [-0.25, -0.2) is 0 Å². The average Bonchev–Trinajstić information content (AvgIpc) is 2.82. The van der Waals surface area contributed by atoms with Gasteiger partial charge in [0.25, 0.3) is 0 Å². The molecule has 1 atom stereocenters. The topological polar surface area (TPSA) is 30.7 Å². The molecule has 0 aliphatic heterocycles. The fourth-order valence-electron chi connectivity index (χ4n) is 2.26. The molecule has 0 saturated heterocycles. The number of alkyl halides is 1. The van der Waals surface area contributed by atoms with E-state index in [0.29, 0.717) is 0 Å². The van der Waals surface area contributed by atoms with Crippen molar-refractivity contribution < 1.29 is 0 Å². The highest BCUT2D eigenvalue weighted by Crippen LogP contribution is 2.33. The van der Waals surface area contributed by atoms with Crippen LogP contribution in [-0.2, 0) is 18.9 Å². The van der Waals surface area contributed by atoms with Gasteiger partial charge in [0.2, 0.25) is 0 Å². The molecule has 18 heavy (non-hydrogen) atoms. The SMILES string of the molecule is CCC(CBr)(Cc1cn(C)nn1)c1ccccc1. The lowest BCUT2D eigenvalue weighted by Gasteiger charge is -2.30. The average molecular weight is 308 g/mol. The largest absolute Gasteiger partial charge is 0.255 e. The van der Waals surface area contributed by atoms with Crippen LogP contribution in [0.1, 0.15) is 24.6 Å².